The van der Waals surface area contributed by atoms with Crippen molar-refractivity contribution in [1.82, 2.24) is 10.3 Å². The van der Waals surface area contributed by atoms with Gasteiger partial charge in [0.05, 0.1) is 18.2 Å². The quantitative estimate of drug-likeness (QED) is 0.405. The largest absolute Gasteiger partial charge is 0.361 e. The second kappa shape index (κ2) is 9.02. The van der Waals surface area contributed by atoms with Gasteiger partial charge in [0.25, 0.3) is 5.91 Å². The van der Waals surface area contributed by atoms with Crippen molar-refractivity contribution in [3.8, 4) is 0 Å². The Morgan fingerprint density at radius 1 is 0.938 bits per heavy atom. The molecule has 1 aliphatic heterocycles. The van der Waals surface area contributed by atoms with E-state index in [4.69, 9.17) is 0 Å². The van der Waals surface area contributed by atoms with Gasteiger partial charge < -0.3 is 10.3 Å². The molecule has 1 aliphatic rings. The molecule has 1 atom stereocenters. The summed E-state index contributed by atoms with van der Waals surface area (Å²) in [6.07, 6.45) is 2.97. The number of nitrogens with one attached hydrogen (secondary N) is 2. The number of aromatic nitrogens is 1. The van der Waals surface area contributed by atoms with Crippen LogP contribution in [0.3, 0.4) is 0 Å². The zero-order valence-corrected chi connectivity index (χ0v) is 18.3. The number of anilines is 1. The molecule has 0 saturated carbocycles. The minimum absolute atomic E-state index is 0.166. The second-order valence-electron chi connectivity index (χ2n) is 7.77. The zero-order chi connectivity index (χ0) is 21.9. The average molecular weight is 442 g/mol. The Morgan fingerprint density at radius 3 is 2.56 bits per heavy atom. The van der Waals surface area contributed by atoms with Gasteiger partial charge in [-0.25, -0.2) is 4.90 Å². The van der Waals surface area contributed by atoms with E-state index in [1.165, 1.54) is 15.8 Å². The summed E-state index contributed by atoms with van der Waals surface area (Å²) in [5.41, 5.74) is 2.96. The minimum atomic E-state index is -0.498. The van der Waals surface area contributed by atoms with Crippen LogP contribution in [-0.4, -0.2) is 29.4 Å². The smallest absolute Gasteiger partial charge is 0.251 e. The predicted octanol–water partition coefficient (Wildman–Crippen LogP) is 4.78. The summed E-state index contributed by atoms with van der Waals surface area (Å²) in [7, 11) is 0. The van der Waals surface area contributed by atoms with Crippen LogP contribution in [0.15, 0.2) is 94.9 Å². The highest BCUT2D eigenvalue weighted by atomic mass is 32.2. The first-order valence-corrected chi connectivity index (χ1v) is 11.5. The average Bonchev–Trinajstić information content (AvgIpc) is 3.35. The molecular formula is C26H23N3O2S. The van der Waals surface area contributed by atoms with Crippen LogP contribution >= 0.6 is 11.8 Å². The molecule has 3 aromatic carbocycles. The molecule has 0 unspecified atom stereocenters. The number of carbonyl (C=O) groups excluding carboxylic acids is 2. The minimum Gasteiger partial charge on any atom is -0.361 e. The van der Waals surface area contributed by atoms with Crippen LogP contribution in [0.1, 0.15) is 12.0 Å². The van der Waals surface area contributed by atoms with Gasteiger partial charge in [-0.05, 0) is 42.3 Å². The van der Waals surface area contributed by atoms with E-state index in [-0.39, 0.29) is 18.2 Å². The van der Waals surface area contributed by atoms with Crippen LogP contribution < -0.4 is 10.2 Å². The SMILES string of the molecule is O=C1C[C@@H](NCCc2c[nH]c3ccccc23)C(=O)N1c1ccccc1Sc1ccccc1. The molecule has 1 fully saturated rings. The molecule has 32 heavy (non-hydrogen) atoms. The highest BCUT2D eigenvalue weighted by molar-refractivity contribution is 7.99. The van der Waals surface area contributed by atoms with Gasteiger partial charge in [-0.1, -0.05) is 60.3 Å². The molecule has 0 spiro atoms. The standard InChI is InChI=1S/C26H23N3O2S/c30-25-16-22(27-15-14-18-17-28-21-11-5-4-10-20(18)21)26(31)29(25)23-12-6-7-13-24(23)32-19-8-2-1-3-9-19/h1-13,17,22,27-28H,14-16H2/t22-/m1/s1. The van der Waals surface area contributed by atoms with E-state index < -0.39 is 6.04 Å². The van der Waals surface area contributed by atoms with Gasteiger partial charge in [-0.3, -0.25) is 9.59 Å². The Balaban J connectivity index is 1.28. The monoisotopic (exact) mass is 441 g/mol. The third-order valence-electron chi connectivity index (χ3n) is 5.68. The fourth-order valence-corrected chi connectivity index (χ4v) is 5.07. The first-order chi connectivity index (χ1) is 15.7. The fourth-order valence-electron chi connectivity index (χ4n) is 4.11. The molecule has 160 valence electrons. The molecule has 4 aromatic rings. The Labute approximate surface area is 190 Å². The van der Waals surface area contributed by atoms with Gasteiger partial charge in [0, 0.05) is 33.4 Å². The van der Waals surface area contributed by atoms with Crippen LogP contribution in [0.25, 0.3) is 10.9 Å². The molecule has 0 bridgehead atoms. The highest BCUT2D eigenvalue weighted by Crippen LogP contribution is 2.37. The van der Waals surface area contributed by atoms with Crippen molar-refractivity contribution in [3.05, 3.63) is 90.6 Å². The van der Waals surface area contributed by atoms with Crippen molar-refractivity contribution in [2.45, 2.75) is 28.7 Å². The molecule has 5 nitrogen and oxygen atoms in total. The molecule has 2 amide bonds. The summed E-state index contributed by atoms with van der Waals surface area (Å²) in [6.45, 7) is 0.625. The Bertz CT molecular complexity index is 1270. The Kier molecular flexibility index (Phi) is 5.79. The van der Waals surface area contributed by atoms with Crippen LogP contribution in [0, 0.1) is 0 Å². The molecule has 2 N–H and O–H groups in total. The first-order valence-electron chi connectivity index (χ1n) is 10.7. The number of fused-ring (bicyclic) bond motifs is 1. The summed E-state index contributed by atoms with van der Waals surface area (Å²) < 4.78 is 0. The van der Waals surface area contributed by atoms with Crippen LogP contribution in [0.2, 0.25) is 0 Å². The van der Waals surface area contributed by atoms with Gasteiger partial charge in [-0.2, -0.15) is 0 Å². The maximum Gasteiger partial charge on any atom is 0.251 e. The summed E-state index contributed by atoms with van der Waals surface area (Å²) in [5, 5.41) is 4.49. The van der Waals surface area contributed by atoms with Gasteiger partial charge in [-0.15, -0.1) is 0 Å². The third kappa shape index (κ3) is 4.07. The zero-order valence-electron chi connectivity index (χ0n) is 17.5. The number of H-pyrrole nitrogens is 1. The number of benzene rings is 3. The van der Waals surface area contributed by atoms with Crippen molar-refractivity contribution in [2.24, 2.45) is 0 Å². The number of nitrogens with zero attached hydrogens (tertiary/aromatic N) is 1. The highest BCUT2D eigenvalue weighted by Gasteiger charge is 2.40. The Morgan fingerprint density at radius 2 is 1.69 bits per heavy atom. The number of hydrogen-bond acceptors (Lipinski definition) is 4. The van der Waals surface area contributed by atoms with E-state index in [0.717, 1.165) is 21.7 Å². The predicted molar refractivity (Wildman–Crippen MR) is 128 cm³/mol. The van der Waals surface area contributed by atoms with Crippen molar-refractivity contribution in [1.29, 1.82) is 0 Å². The third-order valence-corrected chi connectivity index (χ3v) is 6.76. The number of aromatic amines is 1. The number of hydrogen-bond donors (Lipinski definition) is 2. The Hall–Kier alpha value is -3.35. The van der Waals surface area contributed by atoms with Crippen molar-refractivity contribution < 1.29 is 9.59 Å². The van der Waals surface area contributed by atoms with Gasteiger partial charge in [0.15, 0.2) is 0 Å². The number of para-hydroxylation sites is 2. The lowest BCUT2D eigenvalue weighted by atomic mass is 10.1. The topological polar surface area (TPSA) is 65.2 Å². The molecule has 5 rings (SSSR count). The number of imide groups is 1. The van der Waals surface area contributed by atoms with E-state index in [2.05, 4.69) is 16.4 Å². The number of rotatable bonds is 7. The van der Waals surface area contributed by atoms with Gasteiger partial charge in [0.2, 0.25) is 5.91 Å². The first kappa shape index (κ1) is 20.5. The van der Waals surface area contributed by atoms with E-state index in [0.29, 0.717) is 12.2 Å². The maximum atomic E-state index is 13.2. The molecule has 0 radical (unpaired) electrons. The lowest BCUT2D eigenvalue weighted by Gasteiger charge is -2.19. The lowest BCUT2D eigenvalue weighted by Crippen LogP contribution is -2.39. The fraction of sp³-hybridized carbons (Fsp3) is 0.154. The molecule has 0 aliphatic carbocycles. The van der Waals surface area contributed by atoms with E-state index >= 15 is 0 Å². The second-order valence-corrected chi connectivity index (χ2v) is 8.89. The van der Waals surface area contributed by atoms with Crippen LogP contribution in [0.5, 0.6) is 0 Å². The van der Waals surface area contributed by atoms with Crippen molar-refractivity contribution >= 4 is 40.2 Å². The molecule has 1 aromatic heterocycles. The number of amides is 2. The van der Waals surface area contributed by atoms with Crippen LogP contribution in [-0.2, 0) is 16.0 Å². The van der Waals surface area contributed by atoms with E-state index in [1.807, 2.05) is 79.0 Å². The summed E-state index contributed by atoms with van der Waals surface area (Å²) in [4.78, 5) is 32.5. The van der Waals surface area contributed by atoms with Crippen LogP contribution in [0.4, 0.5) is 5.69 Å². The van der Waals surface area contributed by atoms with Crippen molar-refractivity contribution in [3.63, 3.8) is 0 Å². The van der Waals surface area contributed by atoms with Gasteiger partial charge in [0.1, 0.15) is 0 Å². The van der Waals surface area contributed by atoms with Gasteiger partial charge >= 0.3 is 0 Å². The number of carbonyl (C=O) groups is 2. The van der Waals surface area contributed by atoms with E-state index in [1.54, 1.807) is 11.8 Å². The molecule has 1 saturated heterocycles. The maximum absolute atomic E-state index is 13.2. The summed E-state index contributed by atoms with van der Waals surface area (Å²) >= 11 is 1.55. The van der Waals surface area contributed by atoms with E-state index in [9.17, 15) is 9.59 Å². The molecular weight excluding hydrogens is 418 g/mol. The lowest BCUT2D eigenvalue weighted by molar-refractivity contribution is -0.121. The molecule has 2 heterocycles. The normalized spacial score (nSPS) is 16.2. The summed E-state index contributed by atoms with van der Waals surface area (Å²) in [6, 6.07) is 25.2. The van der Waals surface area contributed by atoms with Crippen molar-refractivity contribution in [2.75, 3.05) is 11.4 Å². The molecule has 6 heteroatoms. The summed E-state index contributed by atoms with van der Waals surface area (Å²) in [5.74, 6) is -0.351.